The molecule has 0 aliphatic rings. The monoisotopic (exact) mass is 390 g/mol. The SMILES string of the molecule is CCN(CC)C(=O)c1ccc(NC(=O)CCc2cnn(-c3ccccc3)c2)cc1. The molecule has 0 atom stereocenters. The van der Waals surface area contributed by atoms with E-state index >= 15 is 0 Å². The number of aromatic nitrogens is 2. The fourth-order valence-electron chi connectivity index (χ4n) is 3.08. The van der Waals surface area contributed by atoms with E-state index in [4.69, 9.17) is 0 Å². The van der Waals surface area contributed by atoms with Gasteiger partial charge in [-0.2, -0.15) is 5.10 Å². The molecule has 0 aliphatic carbocycles. The summed E-state index contributed by atoms with van der Waals surface area (Å²) in [7, 11) is 0. The molecule has 0 unspecified atom stereocenters. The minimum Gasteiger partial charge on any atom is -0.339 e. The van der Waals surface area contributed by atoms with E-state index in [2.05, 4.69) is 10.4 Å². The van der Waals surface area contributed by atoms with Gasteiger partial charge in [-0.05, 0) is 62.2 Å². The summed E-state index contributed by atoms with van der Waals surface area (Å²) in [6, 6.07) is 16.9. The largest absolute Gasteiger partial charge is 0.339 e. The summed E-state index contributed by atoms with van der Waals surface area (Å²) in [4.78, 5) is 26.4. The van der Waals surface area contributed by atoms with Gasteiger partial charge in [0.25, 0.3) is 5.91 Å². The van der Waals surface area contributed by atoms with Crippen LogP contribution in [-0.2, 0) is 11.2 Å². The number of carbonyl (C=O) groups is 2. The van der Waals surface area contributed by atoms with Gasteiger partial charge in [0.1, 0.15) is 0 Å². The van der Waals surface area contributed by atoms with E-state index in [0.29, 0.717) is 37.2 Å². The van der Waals surface area contributed by atoms with Gasteiger partial charge in [-0.1, -0.05) is 18.2 Å². The zero-order valence-electron chi connectivity index (χ0n) is 16.8. The van der Waals surface area contributed by atoms with Crippen LogP contribution in [0.25, 0.3) is 5.69 Å². The third-order valence-electron chi connectivity index (χ3n) is 4.76. The zero-order chi connectivity index (χ0) is 20.6. The minimum absolute atomic E-state index is 0.00306. The highest BCUT2D eigenvalue weighted by Crippen LogP contribution is 2.13. The van der Waals surface area contributed by atoms with Crippen LogP contribution in [0.15, 0.2) is 67.0 Å². The molecule has 0 fully saturated rings. The number of para-hydroxylation sites is 1. The molecule has 3 aromatic rings. The van der Waals surface area contributed by atoms with Crippen molar-refractivity contribution in [3.63, 3.8) is 0 Å². The van der Waals surface area contributed by atoms with Crippen molar-refractivity contribution in [3.05, 3.63) is 78.1 Å². The first kappa shape index (κ1) is 20.3. The average Bonchev–Trinajstić information content (AvgIpc) is 3.23. The van der Waals surface area contributed by atoms with Gasteiger partial charge in [-0.15, -0.1) is 0 Å². The van der Waals surface area contributed by atoms with Crippen LogP contribution in [0.5, 0.6) is 0 Å². The fourth-order valence-corrected chi connectivity index (χ4v) is 3.08. The first-order valence-corrected chi connectivity index (χ1v) is 9.89. The third kappa shape index (κ3) is 5.31. The van der Waals surface area contributed by atoms with Crippen molar-refractivity contribution in [3.8, 4) is 5.69 Å². The summed E-state index contributed by atoms with van der Waals surface area (Å²) in [5.74, 6) is -0.0661. The number of hydrogen-bond acceptors (Lipinski definition) is 3. The highest BCUT2D eigenvalue weighted by Gasteiger charge is 2.12. The first-order valence-electron chi connectivity index (χ1n) is 9.89. The predicted molar refractivity (Wildman–Crippen MR) is 114 cm³/mol. The number of nitrogens with one attached hydrogen (secondary N) is 1. The quantitative estimate of drug-likeness (QED) is 0.634. The molecular formula is C23H26N4O2. The maximum absolute atomic E-state index is 12.3. The summed E-state index contributed by atoms with van der Waals surface area (Å²) < 4.78 is 1.80. The molecule has 2 aromatic carbocycles. The Bertz CT molecular complexity index is 945. The van der Waals surface area contributed by atoms with Gasteiger partial charge in [-0.25, -0.2) is 4.68 Å². The molecule has 1 heterocycles. The lowest BCUT2D eigenvalue weighted by atomic mass is 10.1. The van der Waals surface area contributed by atoms with Gasteiger partial charge < -0.3 is 10.2 Å². The Morgan fingerprint density at radius 1 is 1.00 bits per heavy atom. The van der Waals surface area contributed by atoms with E-state index in [-0.39, 0.29) is 11.8 Å². The molecule has 1 N–H and O–H groups in total. The maximum Gasteiger partial charge on any atom is 0.253 e. The van der Waals surface area contributed by atoms with Crippen LogP contribution < -0.4 is 5.32 Å². The Kier molecular flexibility index (Phi) is 6.79. The number of anilines is 1. The Hall–Kier alpha value is -3.41. The summed E-state index contributed by atoms with van der Waals surface area (Å²) in [6.07, 6.45) is 4.70. The van der Waals surface area contributed by atoms with E-state index in [0.717, 1.165) is 11.3 Å². The summed E-state index contributed by atoms with van der Waals surface area (Å²) in [5.41, 5.74) is 3.30. The molecule has 0 saturated heterocycles. The van der Waals surface area contributed by atoms with Gasteiger partial charge in [-0.3, -0.25) is 9.59 Å². The molecule has 0 spiro atoms. The Labute approximate surface area is 171 Å². The van der Waals surface area contributed by atoms with E-state index in [9.17, 15) is 9.59 Å². The lowest BCUT2D eigenvalue weighted by Gasteiger charge is -2.18. The smallest absolute Gasteiger partial charge is 0.253 e. The molecular weight excluding hydrogens is 364 g/mol. The number of aryl methyl sites for hydroxylation is 1. The van der Waals surface area contributed by atoms with Gasteiger partial charge >= 0.3 is 0 Å². The Balaban J connectivity index is 1.52. The number of hydrogen-bond donors (Lipinski definition) is 1. The normalized spacial score (nSPS) is 10.6. The van der Waals surface area contributed by atoms with Crippen molar-refractivity contribution in [2.75, 3.05) is 18.4 Å². The predicted octanol–water partition coefficient (Wildman–Crippen LogP) is 3.93. The number of nitrogens with zero attached hydrogens (tertiary/aromatic N) is 3. The van der Waals surface area contributed by atoms with Crippen LogP contribution in [0, 0.1) is 0 Å². The van der Waals surface area contributed by atoms with Crippen molar-refractivity contribution in [2.24, 2.45) is 0 Å². The van der Waals surface area contributed by atoms with Crippen LogP contribution in [0.1, 0.15) is 36.2 Å². The van der Waals surface area contributed by atoms with Gasteiger partial charge in [0.15, 0.2) is 0 Å². The van der Waals surface area contributed by atoms with Crippen molar-refractivity contribution >= 4 is 17.5 Å². The van der Waals surface area contributed by atoms with E-state index in [1.54, 1.807) is 40.0 Å². The second kappa shape index (κ2) is 9.68. The fraction of sp³-hybridized carbons (Fsp3) is 0.261. The highest BCUT2D eigenvalue weighted by molar-refractivity contribution is 5.95. The maximum atomic E-state index is 12.3. The van der Waals surface area contributed by atoms with Crippen LogP contribution in [0.4, 0.5) is 5.69 Å². The molecule has 6 nitrogen and oxygen atoms in total. The topological polar surface area (TPSA) is 67.2 Å². The third-order valence-corrected chi connectivity index (χ3v) is 4.76. The molecule has 29 heavy (non-hydrogen) atoms. The second-order valence-corrected chi connectivity index (χ2v) is 6.73. The van der Waals surface area contributed by atoms with Gasteiger partial charge in [0, 0.05) is 37.0 Å². The average molecular weight is 390 g/mol. The Morgan fingerprint density at radius 3 is 2.34 bits per heavy atom. The molecule has 6 heteroatoms. The van der Waals surface area contributed by atoms with Crippen LogP contribution in [0.2, 0.25) is 0 Å². The first-order chi connectivity index (χ1) is 14.1. The van der Waals surface area contributed by atoms with E-state index in [1.807, 2.05) is 50.4 Å². The summed E-state index contributed by atoms with van der Waals surface area (Å²) >= 11 is 0. The van der Waals surface area contributed by atoms with E-state index < -0.39 is 0 Å². The molecule has 150 valence electrons. The molecule has 0 bridgehead atoms. The minimum atomic E-state index is -0.0692. The Morgan fingerprint density at radius 2 is 1.69 bits per heavy atom. The lowest BCUT2D eigenvalue weighted by molar-refractivity contribution is -0.116. The molecule has 1 aromatic heterocycles. The number of rotatable bonds is 8. The summed E-state index contributed by atoms with van der Waals surface area (Å²) in [6.45, 7) is 5.27. The molecule has 0 saturated carbocycles. The molecule has 3 rings (SSSR count). The summed E-state index contributed by atoms with van der Waals surface area (Å²) in [5, 5.41) is 7.23. The number of benzene rings is 2. The standard InChI is InChI=1S/C23H26N4O2/c1-3-26(4-2)23(29)19-11-13-20(14-12-19)25-22(28)15-10-18-16-24-27(17-18)21-8-6-5-7-9-21/h5-9,11-14,16-17H,3-4,10,15H2,1-2H3,(H,25,28). The van der Waals surface area contributed by atoms with Gasteiger partial charge in [0.05, 0.1) is 11.9 Å². The highest BCUT2D eigenvalue weighted by atomic mass is 16.2. The van der Waals surface area contributed by atoms with E-state index in [1.165, 1.54) is 0 Å². The van der Waals surface area contributed by atoms with Crippen LogP contribution >= 0.6 is 0 Å². The number of amides is 2. The second-order valence-electron chi connectivity index (χ2n) is 6.73. The molecule has 0 aliphatic heterocycles. The van der Waals surface area contributed by atoms with Crippen molar-refractivity contribution < 1.29 is 9.59 Å². The zero-order valence-corrected chi connectivity index (χ0v) is 16.8. The van der Waals surface area contributed by atoms with Crippen LogP contribution in [0.3, 0.4) is 0 Å². The van der Waals surface area contributed by atoms with Gasteiger partial charge in [0.2, 0.25) is 5.91 Å². The lowest BCUT2D eigenvalue weighted by Crippen LogP contribution is -2.30. The van der Waals surface area contributed by atoms with Crippen molar-refractivity contribution in [1.82, 2.24) is 14.7 Å². The molecule has 2 amide bonds. The van der Waals surface area contributed by atoms with Crippen molar-refractivity contribution in [2.45, 2.75) is 26.7 Å². The van der Waals surface area contributed by atoms with Crippen LogP contribution in [-0.4, -0.2) is 39.6 Å². The number of carbonyl (C=O) groups excluding carboxylic acids is 2. The van der Waals surface area contributed by atoms with Crippen molar-refractivity contribution in [1.29, 1.82) is 0 Å². The molecule has 0 radical (unpaired) electrons.